The normalized spacial score (nSPS) is 25.7. The van der Waals surface area contributed by atoms with E-state index in [2.05, 4.69) is 5.32 Å². The minimum atomic E-state index is -0.815. The second kappa shape index (κ2) is 6.14. The highest BCUT2D eigenvalue weighted by Crippen LogP contribution is 2.24. The van der Waals surface area contributed by atoms with Gasteiger partial charge >= 0.3 is 12.0 Å². The van der Waals surface area contributed by atoms with Crippen LogP contribution in [0.25, 0.3) is 0 Å². The van der Waals surface area contributed by atoms with Gasteiger partial charge in [-0.15, -0.1) is 0 Å². The molecular formula is C11H20N2O3S. The van der Waals surface area contributed by atoms with Crippen molar-refractivity contribution in [3.8, 4) is 0 Å². The van der Waals surface area contributed by atoms with Gasteiger partial charge in [0.05, 0.1) is 5.92 Å². The van der Waals surface area contributed by atoms with Gasteiger partial charge in [-0.2, -0.15) is 11.8 Å². The van der Waals surface area contributed by atoms with Crippen molar-refractivity contribution in [2.45, 2.75) is 31.6 Å². The predicted molar refractivity (Wildman–Crippen MR) is 68.3 cm³/mol. The fourth-order valence-corrected chi connectivity index (χ4v) is 2.22. The minimum Gasteiger partial charge on any atom is -0.481 e. The Morgan fingerprint density at radius 3 is 2.71 bits per heavy atom. The van der Waals surface area contributed by atoms with E-state index in [9.17, 15) is 9.59 Å². The van der Waals surface area contributed by atoms with Crippen LogP contribution in [-0.2, 0) is 4.79 Å². The van der Waals surface area contributed by atoms with Crippen molar-refractivity contribution < 1.29 is 14.7 Å². The first-order valence-corrected chi connectivity index (χ1v) is 7.06. The van der Waals surface area contributed by atoms with Crippen LogP contribution in [0.2, 0.25) is 0 Å². The van der Waals surface area contributed by atoms with E-state index in [1.807, 2.05) is 13.2 Å². The molecule has 1 heterocycles. The summed E-state index contributed by atoms with van der Waals surface area (Å²) in [5, 5.41) is 12.2. The summed E-state index contributed by atoms with van der Waals surface area (Å²) in [5.41, 5.74) is 0. The molecular weight excluding hydrogens is 240 g/mol. The molecule has 0 aliphatic carbocycles. The Morgan fingerprint density at radius 2 is 2.24 bits per heavy atom. The second-order valence-corrected chi connectivity index (χ2v) is 5.68. The number of likely N-dealkylation sites (tertiary alicyclic amines) is 1. The number of aliphatic carboxylic acids is 1. The molecule has 0 aromatic carbocycles. The number of nitrogens with zero attached hydrogens (tertiary/aromatic N) is 1. The molecule has 5 nitrogen and oxygen atoms in total. The average molecular weight is 260 g/mol. The van der Waals surface area contributed by atoms with Crippen molar-refractivity contribution in [2.75, 3.05) is 19.3 Å². The van der Waals surface area contributed by atoms with Gasteiger partial charge in [-0.3, -0.25) is 4.79 Å². The molecule has 1 saturated heterocycles. The van der Waals surface area contributed by atoms with E-state index in [1.54, 1.807) is 23.6 Å². The molecule has 0 aromatic heterocycles. The molecule has 0 radical (unpaired) electrons. The maximum absolute atomic E-state index is 11.9. The molecule has 1 fully saturated rings. The molecule has 6 heteroatoms. The Balaban J connectivity index is 2.46. The molecule has 1 aliphatic heterocycles. The molecule has 0 saturated carbocycles. The van der Waals surface area contributed by atoms with Crippen LogP contribution in [0.1, 0.15) is 20.3 Å². The largest absolute Gasteiger partial charge is 0.481 e. The number of hydrogen-bond donors (Lipinski definition) is 2. The molecule has 3 unspecified atom stereocenters. The van der Waals surface area contributed by atoms with Gasteiger partial charge in [0.2, 0.25) is 0 Å². The summed E-state index contributed by atoms with van der Waals surface area (Å²) in [4.78, 5) is 24.4. The van der Waals surface area contributed by atoms with Crippen molar-refractivity contribution >= 4 is 23.8 Å². The number of carbonyl (C=O) groups excluding carboxylic acids is 1. The molecule has 1 aliphatic rings. The van der Waals surface area contributed by atoms with Crippen molar-refractivity contribution in [3.63, 3.8) is 0 Å². The smallest absolute Gasteiger partial charge is 0.317 e. The van der Waals surface area contributed by atoms with Crippen LogP contribution in [-0.4, -0.2) is 52.6 Å². The highest BCUT2D eigenvalue weighted by atomic mass is 32.2. The second-order valence-electron chi connectivity index (χ2n) is 4.40. The van der Waals surface area contributed by atoms with E-state index in [1.165, 1.54) is 0 Å². The lowest BCUT2D eigenvalue weighted by Gasteiger charge is -2.24. The molecule has 98 valence electrons. The minimum absolute atomic E-state index is 0.151. The summed E-state index contributed by atoms with van der Waals surface area (Å²) in [6.45, 7) is 4.97. The Hall–Kier alpha value is -0.910. The van der Waals surface area contributed by atoms with Crippen LogP contribution in [0.4, 0.5) is 4.79 Å². The van der Waals surface area contributed by atoms with Crippen LogP contribution < -0.4 is 5.32 Å². The molecule has 1 rings (SSSR count). The van der Waals surface area contributed by atoms with Gasteiger partial charge in [0.1, 0.15) is 0 Å². The quantitative estimate of drug-likeness (QED) is 0.798. The Bertz CT molecular complexity index is 298. The van der Waals surface area contributed by atoms with Crippen LogP contribution in [0, 0.1) is 5.92 Å². The summed E-state index contributed by atoms with van der Waals surface area (Å²) < 4.78 is 0. The highest BCUT2D eigenvalue weighted by Gasteiger charge is 2.37. The fourth-order valence-electron chi connectivity index (χ4n) is 1.97. The van der Waals surface area contributed by atoms with Gasteiger partial charge in [-0.25, -0.2) is 4.79 Å². The van der Waals surface area contributed by atoms with Gasteiger partial charge in [0.25, 0.3) is 0 Å². The van der Waals surface area contributed by atoms with Gasteiger partial charge < -0.3 is 15.3 Å². The summed E-state index contributed by atoms with van der Waals surface area (Å²) in [6.07, 6.45) is 2.54. The third kappa shape index (κ3) is 3.52. The van der Waals surface area contributed by atoms with Crippen molar-refractivity contribution in [2.24, 2.45) is 5.92 Å². The first-order valence-electron chi connectivity index (χ1n) is 5.77. The standard InChI is InChI=1S/C11H20N2O3S/c1-7(17-3)6-12-11(16)13-5-4-9(8(13)2)10(14)15/h7-9H,4-6H2,1-3H3,(H,12,16)(H,14,15). The van der Waals surface area contributed by atoms with E-state index in [0.717, 1.165) is 0 Å². The highest BCUT2D eigenvalue weighted by molar-refractivity contribution is 7.99. The monoisotopic (exact) mass is 260 g/mol. The predicted octanol–water partition coefficient (Wildman–Crippen LogP) is 1.24. The molecule has 2 N–H and O–H groups in total. The SMILES string of the molecule is CSC(C)CNC(=O)N1CCC(C(=O)O)C1C. The first-order chi connectivity index (χ1) is 7.97. The molecule has 17 heavy (non-hydrogen) atoms. The van der Waals surface area contributed by atoms with E-state index < -0.39 is 11.9 Å². The van der Waals surface area contributed by atoms with Gasteiger partial charge in [-0.1, -0.05) is 6.92 Å². The molecule has 0 aromatic rings. The zero-order chi connectivity index (χ0) is 13.0. The number of rotatable bonds is 4. The molecule has 0 spiro atoms. The Morgan fingerprint density at radius 1 is 1.59 bits per heavy atom. The van der Waals surface area contributed by atoms with E-state index in [0.29, 0.717) is 24.8 Å². The Kier molecular flexibility index (Phi) is 5.11. The van der Waals surface area contributed by atoms with Crippen molar-refractivity contribution in [1.29, 1.82) is 0 Å². The Labute approximate surface area is 106 Å². The zero-order valence-electron chi connectivity index (χ0n) is 10.5. The third-order valence-corrected chi connectivity index (χ3v) is 4.25. The lowest BCUT2D eigenvalue weighted by Crippen LogP contribution is -2.45. The number of amides is 2. The maximum Gasteiger partial charge on any atom is 0.317 e. The lowest BCUT2D eigenvalue weighted by atomic mass is 10.0. The summed E-state index contributed by atoms with van der Waals surface area (Å²) in [7, 11) is 0. The van der Waals surface area contributed by atoms with Crippen LogP contribution >= 0.6 is 11.8 Å². The number of carbonyl (C=O) groups is 2. The summed E-state index contributed by atoms with van der Waals surface area (Å²) >= 11 is 1.69. The summed E-state index contributed by atoms with van der Waals surface area (Å²) in [5.74, 6) is -1.25. The van der Waals surface area contributed by atoms with Crippen LogP contribution in [0.3, 0.4) is 0 Å². The number of carboxylic acids is 1. The van der Waals surface area contributed by atoms with Gasteiger partial charge in [-0.05, 0) is 19.6 Å². The molecule has 2 amide bonds. The number of nitrogens with one attached hydrogen (secondary N) is 1. The van der Waals surface area contributed by atoms with E-state index in [-0.39, 0.29) is 12.1 Å². The zero-order valence-corrected chi connectivity index (χ0v) is 11.3. The maximum atomic E-state index is 11.9. The number of thioether (sulfide) groups is 1. The summed E-state index contributed by atoms with van der Waals surface area (Å²) in [6, 6.07) is -0.376. The van der Waals surface area contributed by atoms with E-state index in [4.69, 9.17) is 5.11 Å². The third-order valence-electron chi connectivity index (χ3n) is 3.28. The lowest BCUT2D eigenvalue weighted by molar-refractivity contribution is -0.142. The van der Waals surface area contributed by atoms with Crippen molar-refractivity contribution in [1.82, 2.24) is 10.2 Å². The average Bonchev–Trinajstić information content (AvgIpc) is 2.67. The van der Waals surface area contributed by atoms with Gasteiger partial charge in [0, 0.05) is 24.4 Å². The van der Waals surface area contributed by atoms with Crippen LogP contribution in [0.15, 0.2) is 0 Å². The van der Waals surface area contributed by atoms with Gasteiger partial charge in [0.15, 0.2) is 0 Å². The van der Waals surface area contributed by atoms with Crippen LogP contribution in [0.5, 0.6) is 0 Å². The van der Waals surface area contributed by atoms with Crippen molar-refractivity contribution in [3.05, 3.63) is 0 Å². The molecule has 0 bridgehead atoms. The number of hydrogen-bond acceptors (Lipinski definition) is 3. The molecule has 3 atom stereocenters. The van der Waals surface area contributed by atoms with E-state index >= 15 is 0 Å². The number of urea groups is 1. The number of carboxylic acid groups (broad SMARTS) is 1. The topological polar surface area (TPSA) is 69.6 Å². The first kappa shape index (κ1) is 14.2. The fraction of sp³-hybridized carbons (Fsp3) is 0.818.